The number of ether oxygens (including phenoxy) is 1. The Balaban J connectivity index is 1.64. The first kappa shape index (κ1) is 17.5. The smallest absolute Gasteiger partial charge is 0.339 e. The van der Waals surface area contributed by atoms with Crippen molar-refractivity contribution in [1.82, 2.24) is 0 Å². The van der Waals surface area contributed by atoms with Gasteiger partial charge in [-0.2, -0.15) is 5.10 Å². The van der Waals surface area contributed by atoms with Gasteiger partial charge in [0.2, 0.25) is 0 Å². The van der Waals surface area contributed by atoms with Gasteiger partial charge in [0, 0.05) is 16.5 Å². The zero-order valence-corrected chi connectivity index (χ0v) is 16.0. The number of rotatable bonds is 5. The summed E-state index contributed by atoms with van der Waals surface area (Å²) in [6.45, 7) is 0. The topological polar surface area (TPSA) is 50.7 Å². The first-order chi connectivity index (χ1) is 13.2. The number of anilines is 1. The lowest BCUT2D eigenvalue weighted by Gasteiger charge is -2.14. The van der Waals surface area contributed by atoms with E-state index in [9.17, 15) is 4.79 Å². The van der Waals surface area contributed by atoms with Gasteiger partial charge < -0.3 is 4.74 Å². The maximum Gasteiger partial charge on any atom is 0.339 e. The van der Waals surface area contributed by atoms with Crippen molar-refractivity contribution >= 4 is 33.3 Å². The molecule has 0 amide bonds. The minimum Gasteiger partial charge on any atom is -0.453 e. The molecule has 0 bridgehead atoms. The molecule has 1 unspecified atom stereocenters. The molecule has 0 radical (unpaired) electrons. The zero-order chi connectivity index (χ0) is 18.6. The summed E-state index contributed by atoms with van der Waals surface area (Å²) in [4.78, 5) is 12.1. The molecule has 1 heterocycles. The second-order valence-electron chi connectivity index (χ2n) is 6.23. The Morgan fingerprint density at radius 1 is 0.963 bits per heavy atom. The molecule has 1 aliphatic heterocycles. The van der Waals surface area contributed by atoms with Crippen LogP contribution in [0, 0.1) is 0 Å². The molecule has 0 saturated carbocycles. The van der Waals surface area contributed by atoms with Gasteiger partial charge in [0.25, 0.3) is 0 Å². The van der Waals surface area contributed by atoms with Crippen LogP contribution in [0.2, 0.25) is 0 Å². The highest BCUT2D eigenvalue weighted by Crippen LogP contribution is 2.34. The maximum absolute atomic E-state index is 12.1. The van der Waals surface area contributed by atoms with E-state index < -0.39 is 0 Å². The van der Waals surface area contributed by atoms with Crippen molar-refractivity contribution in [2.75, 3.05) is 5.43 Å². The van der Waals surface area contributed by atoms with Crippen molar-refractivity contribution in [2.45, 2.75) is 12.5 Å². The van der Waals surface area contributed by atoms with E-state index in [0.29, 0.717) is 12.0 Å². The fourth-order valence-corrected chi connectivity index (χ4v) is 3.33. The van der Waals surface area contributed by atoms with E-state index in [0.717, 1.165) is 27.0 Å². The molecule has 0 aromatic heterocycles. The Morgan fingerprint density at radius 2 is 1.67 bits per heavy atom. The summed E-state index contributed by atoms with van der Waals surface area (Å²) in [5.74, 6) is -0.276. The first-order valence-electron chi connectivity index (χ1n) is 8.64. The predicted molar refractivity (Wildman–Crippen MR) is 110 cm³/mol. The van der Waals surface area contributed by atoms with Crippen LogP contribution < -0.4 is 5.43 Å². The van der Waals surface area contributed by atoms with Gasteiger partial charge in [0.1, 0.15) is 6.10 Å². The van der Waals surface area contributed by atoms with Crippen molar-refractivity contribution < 1.29 is 9.53 Å². The second-order valence-corrected chi connectivity index (χ2v) is 7.14. The molecule has 4 rings (SSSR count). The number of hydrogen-bond acceptors (Lipinski definition) is 4. The Kier molecular flexibility index (Phi) is 5.03. The molecule has 27 heavy (non-hydrogen) atoms. The van der Waals surface area contributed by atoms with E-state index >= 15 is 0 Å². The molecule has 1 N–H and O–H groups in total. The molecular weight excluding hydrogens is 404 g/mol. The van der Waals surface area contributed by atoms with Crippen LogP contribution in [0.4, 0.5) is 5.69 Å². The number of esters is 1. The number of halogens is 1. The number of carbonyl (C=O) groups excluding carboxylic acids is 1. The lowest BCUT2D eigenvalue weighted by Crippen LogP contribution is -2.11. The van der Waals surface area contributed by atoms with Gasteiger partial charge >= 0.3 is 5.97 Å². The predicted octanol–water partition coefficient (Wildman–Crippen LogP) is 5.57. The fourth-order valence-electron chi connectivity index (χ4n) is 3.06. The second kappa shape index (κ2) is 7.76. The van der Waals surface area contributed by atoms with Crippen molar-refractivity contribution in [3.05, 3.63) is 100 Å². The summed E-state index contributed by atoms with van der Waals surface area (Å²) < 4.78 is 6.60. The molecule has 134 valence electrons. The van der Waals surface area contributed by atoms with Crippen molar-refractivity contribution in [1.29, 1.82) is 0 Å². The number of cyclic esters (lactones) is 1. The van der Waals surface area contributed by atoms with Crippen LogP contribution in [-0.2, 0) is 4.74 Å². The van der Waals surface area contributed by atoms with Crippen LogP contribution in [0.15, 0.2) is 88.4 Å². The molecule has 0 fully saturated rings. The number of fused-ring (bicyclic) bond motifs is 1. The SMILES string of the molecule is O=C1OC(CC(=NNc2ccccc2)c2ccc(Br)cc2)c2ccccc21. The molecule has 3 aromatic rings. The number of nitrogens with one attached hydrogen (secondary N) is 1. The van der Waals surface area contributed by atoms with Crippen LogP contribution in [0.25, 0.3) is 0 Å². The van der Waals surface area contributed by atoms with E-state index in [1.807, 2.05) is 72.8 Å². The van der Waals surface area contributed by atoms with E-state index in [2.05, 4.69) is 26.5 Å². The monoisotopic (exact) mass is 420 g/mol. The van der Waals surface area contributed by atoms with E-state index in [4.69, 9.17) is 4.74 Å². The Morgan fingerprint density at radius 3 is 2.44 bits per heavy atom. The minimum absolute atomic E-state index is 0.276. The van der Waals surface area contributed by atoms with Crippen molar-refractivity contribution in [2.24, 2.45) is 5.10 Å². The van der Waals surface area contributed by atoms with Crippen LogP contribution in [-0.4, -0.2) is 11.7 Å². The van der Waals surface area contributed by atoms with E-state index in [1.54, 1.807) is 6.07 Å². The molecule has 1 aliphatic rings. The molecule has 1 atom stereocenters. The third-order valence-electron chi connectivity index (χ3n) is 4.43. The zero-order valence-electron chi connectivity index (χ0n) is 14.4. The number of carbonyl (C=O) groups is 1. The number of benzene rings is 3. The van der Waals surface area contributed by atoms with Crippen LogP contribution in [0.5, 0.6) is 0 Å². The number of hydrogen-bond donors (Lipinski definition) is 1. The summed E-state index contributed by atoms with van der Waals surface area (Å²) >= 11 is 3.46. The van der Waals surface area contributed by atoms with Gasteiger partial charge in [-0.15, -0.1) is 0 Å². The molecule has 0 spiro atoms. The number of nitrogens with zero attached hydrogens (tertiary/aromatic N) is 1. The van der Waals surface area contributed by atoms with Gasteiger partial charge in [0.05, 0.1) is 17.0 Å². The highest BCUT2D eigenvalue weighted by Gasteiger charge is 2.31. The van der Waals surface area contributed by atoms with Crippen LogP contribution in [0.1, 0.15) is 34.0 Å². The third kappa shape index (κ3) is 3.93. The number of para-hydroxylation sites is 1. The summed E-state index contributed by atoms with van der Waals surface area (Å²) in [7, 11) is 0. The van der Waals surface area contributed by atoms with Gasteiger partial charge in [-0.1, -0.05) is 64.5 Å². The van der Waals surface area contributed by atoms with E-state index in [-0.39, 0.29) is 12.1 Å². The minimum atomic E-state index is -0.339. The lowest BCUT2D eigenvalue weighted by molar-refractivity contribution is 0.0400. The normalized spacial score (nSPS) is 16.0. The fraction of sp³-hybridized carbons (Fsp3) is 0.0909. The highest BCUT2D eigenvalue weighted by atomic mass is 79.9. The quantitative estimate of drug-likeness (QED) is 0.333. The first-order valence-corrected chi connectivity index (χ1v) is 9.43. The summed E-state index contributed by atoms with van der Waals surface area (Å²) in [5, 5.41) is 4.62. The number of hydrazone groups is 1. The summed E-state index contributed by atoms with van der Waals surface area (Å²) in [5.41, 5.74) is 7.34. The van der Waals surface area contributed by atoms with Gasteiger partial charge in [0.15, 0.2) is 0 Å². The standard InChI is InChI=1S/C22H17BrN2O2/c23-16-12-10-15(11-13-16)20(25-24-17-6-2-1-3-7-17)14-21-18-8-4-5-9-19(18)22(26)27-21/h1-13,21,24H,14H2. The Labute approximate surface area is 166 Å². The average Bonchev–Trinajstić information content (AvgIpc) is 3.02. The highest BCUT2D eigenvalue weighted by molar-refractivity contribution is 9.10. The van der Waals surface area contributed by atoms with Crippen molar-refractivity contribution in [3.8, 4) is 0 Å². The molecular formula is C22H17BrN2O2. The molecule has 5 heteroatoms. The molecule has 3 aromatic carbocycles. The third-order valence-corrected chi connectivity index (χ3v) is 4.96. The molecule has 0 aliphatic carbocycles. The summed E-state index contributed by atoms with van der Waals surface area (Å²) in [6, 6.07) is 25.2. The van der Waals surface area contributed by atoms with Crippen LogP contribution in [0.3, 0.4) is 0 Å². The molecule has 4 nitrogen and oxygen atoms in total. The molecule has 0 saturated heterocycles. The van der Waals surface area contributed by atoms with Crippen LogP contribution >= 0.6 is 15.9 Å². The van der Waals surface area contributed by atoms with Crippen molar-refractivity contribution in [3.63, 3.8) is 0 Å². The van der Waals surface area contributed by atoms with Gasteiger partial charge in [-0.25, -0.2) is 4.79 Å². The van der Waals surface area contributed by atoms with Gasteiger partial charge in [-0.05, 0) is 35.9 Å². The van der Waals surface area contributed by atoms with E-state index in [1.165, 1.54) is 0 Å². The largest absolute Gasteiger partial charge is 0.453 e. The lowest BCUT2D eigenvalue weighted by atomic mass is 9.98. The maximum atomic E-state index is 12.1. The van der Waals surface area contributed by atoms with Gasteiger partial charge in [-0.3, -0.25) is 5.43 Å². The summed E-state index contributed by atoms with van der Waals surface area (Å²) in [6.07, 6.45) is 0.151. The Hall–Kier alpha value is -2.92. The Bertz CT molecular complexity index is 985. The average molecular weight is 421 g/mol.